The number of hydrogen-bond acceptors (Lipinski definition) is 2. The number of hydrogen-bond donors (Lipinski definition) is 1. The third-order valence-corrected chi connectivity index (χ3v) is 14.7. The van der Waals surface area contributed by atoms with Gasteiger partial charge in [0.25, 0.3) is 10.1 Å². The predicted octanol–water partition coefficient (Wildman–Crippen LogP) is 19.3. The van der Waals surface area contributed by atoms with Crippen LogP contribution in [0.3, 0.4) is 0 Å². The Labute approximate surface area is 377 Å². The number of unbranched alkanes of at least 4 members (excludes halogenated alkanes) is 35. The third-order valence-electron chi connectivity index (χ3n) is 13.7. The van der Waals surface area contributed by atoms with Crippen molar-refractivity contribution >= 4 is 10.1 Å². The molecule has 3 nitrogen and oxygen atoms in total. The fourth-order valence-electron chi connectivity index (χ4n) is 9.93. The van der Waals surface area contributed by atoms with Gasteiger partial charge in [-0.15, -0.1) is 0 Å². The van der Waals surface area contributed by atoms with Gasteiger partial charge in [0.2, 0.25) is 0 Å². The lowest BCUT2D eigenvalue weighted by Crippen LogP contribution is -2.18. The molecule has 0 aliphatic heterocycles. The Hall–Kier alpha value is -0.870. The SMILES string of the molecule is CCCCCCCCCCCCCCCCCCc1c(CCCCCCCC)c(CCCCCCCC)c(CCCCCCCC)c(CCCCCCCC)c1S(=O)(=O)O. The van der Waals surface area contributed by atoms with Crippen LogP contribution in [-0.4, -0.2) is 13.0 Å². The molecule has 1 aromatic rings. The van der Waals surface area contributed by atoms with Gasteiger partial charge in [-0.2, -0.15) is 8.42 Å². The maximum absolute atomic E-state index is 13.8. The molecule has 0 unspecified atom stereocenters. The molecule has 0 aromatic heterocycles. The highest BCUT2D eigenvalue weighted by molar-refractivity contribution is 7.86. The van der Waals surface area contributed by atoms with Gasteiger partial charge in [0, 0.05) is 0 Å². The van der Waals surface area contributed by atoms with E-state index in [0.717, 1.165) is 81.8 Å². The van der Waals surface area contributed by atoms with Gasteiger partial charge in [0.1, 0.15) is 4.90 Å². The molecule has 0 heterocycles. The summed E-state index contributed by atoms with van der Waals surface area (Å²) >= 11 is 0. The largest absolute Gasteiger partial charge is 0.295 e. The highest BCUT2D eigenvalue weighted by Crippen LogP contribution is 2.38. The van der Waals surface area contributed by atoms with E-state index in [1.165, 1.54) is 235 Å². The summed E-state index contributed by atoms with van der Waals surface area (Å²) in [5.74, 6) is 0. The zero-order valence-corrected chi connectivity index (χ0v) is 42.3. The molecule has 4 heteroatoms. The van der Waals surface area contributed by atoms with Crippen LogP contribution in [0.1, 0.15) is 319 Å². The Morgan fingerprint density at radius 3 is 0.583 bits per heavy atom. The molecule has 60 heavy (non-hydrogen) atoms. The van der Waals surface area contributed by atoms with E-state index in [-0.39, 0.29) is 0 Å². The Bertz CT molecular complexity index is 1200. The van der Waals surface area contributed by atoms with Gasteiger partial charge in [-0.25, -0.2) is 0 Å². The Kier molecular flexibility index (Phi) is 38.9. The summed E-state index contributed by atoms with van der Waals surface area (Å²) in [6, 6.07) is 0. The van der Waals surface area contributed by atoms with E-state index in [4.69, 9.17) is 0 Å². The van der Waals surface area contributed by atoms with E-state index >= 15 is 0 Å². The van der Waals surface area contributed by atoms with E-state index in [9.17, 15) is 13.0 Å². The van der Waals surface area contributed by atoms with Crippen molar-refractivity contribution in [2.45, 2.75) is 328 Å². The van der Waals surface area contributed by atoms with Gasteiger partial charge < -0.3 is 0 Å². The van der Waals surface area contributed by atoms with E-state index in [1.807, 2.05) is 0 Å². The first-order chi connectivity index (χ1) is 29.4. The molecule has 1 rings (SSSR count). The maximum atomic E-state index is 13.8. The molecule has 0 radical (unpaired) electrons. The van der Waals surface area contributed by atoms with Crippen LogP contribution in [0.2, 0.25) is 0 Å². The molecule has 0 fully saturated rings. The van der Waals surface area contributed by atoms with Crippen LogP contribution < -0.4 is 0 Å². The van der Waals surface area contributed by atoms with Crippen molar-refractivity contribution in [2.24, 2.45) is 0 Å². The van der Waals surface area contributed by atoms with Gasteiger partial charge in [0.15, 0.2) is 0 Å². The smallest absolute Gasteiger partial charge is 0.282 e. The molecule has 0 aliphatic carbocycles. The Morgan fingerprint density at radius 2 is 0.400 bits per heavy atom. The minimum atomic E-state index is -4.37. The Morgan fingerprint density at radius 1 is 0.250 bits per heavy atom. The first-order valence-electron chi connectivity index (χ1n) is 27.5. The normalized spacial score (nSPS) is 12.0. The molecule has 354 valence electrons. The molecule has 0 bridgehead atoms. The molecule has 0 saturated heterocycles. The predicted molar refractivity (Wildman–Crippen MR) is 268 cm³/mol. The minimum Gasteiger partial charge on any atom is -0.282 e. The summed E-state index contributed by atoms with van der Waals surface area (Å²) in [4.78, 5) is 0.366. The van der Waals surface area contributed by atoms with Crippen LogP contribution in [0.25, 0.3) is 0 Å². The second-order valence-electron chi connectivity index (χ2n) is 19.3. The van der Waals surface area contributed by atoms with E-state index < -0.39 is 10.1 Å². The van der Waals surface area contributed by atoms with Crippen molar-refractivity contribution in [1.82, 2.24) is 0 Å². The van der Waals surface area contributed by atoms with Crippen molar-refractivity contribution in [3.63, 3.8) is 0 Å². The molecule has 0 amide bonds. The average molecular weight is 860 g/mol. The summed E-state index contributed by atoms with van der Waals surface area (Å²) in [7, 11) is -4.37. The molecular formula is C56H106O3S. The fraction of sp³-hybridized carbons (Fsp3) is 0.893. The van der Waals surface area contributed by atoms with Crippen LogP contribution in [0.15, 0.2) is 4.90 Å². The quantitative estimate of drug-likeness (QED) is 0.0525. The molecular weight excluding hydrogens is 753 g/mol. The highest BCUT2D eigenvalue weighted by atomic mass is 32.2. The van der Waals surface area contributed by atoms with Gasteiger partial charge in [-0.1, -0.05) is 259 Å². The van der Waals surface area contributed by atoms with Crippen LogP contribution >= 0.6 is 0 Å². The number of rotatable bonds is 46. The first-order valence-corrected chi connectivity index (χ1v) is 29.0. The van der Waals surface area contributed by atoms with Gasteiger partial charge >= 0.3 is 0 Å². The van der Waals surface area contributed by atoms with Crippen LogP contribution in [-0.2, 0) is 42.2 Å². The summed E-state index contributed by atoms with van der Waals surface area (Å²) in [6.07, 6.45) is 55.7. The average Bonchev–Trinajstić information content (AvgIpc) is 3.23. The summed E-state index contributed by atoms with van der Waals surface area (Å²) in [6.45, 7) is 11.4. The molecule has 0 saturated carbocycles. The lowest BCUT2D eigenvalue weighted by Gasteiger charge is -2.27. The first kappa shape index (κ1) is 57.1. The monoisotopic (exact) mass is 859 g/mol. The molecule has 0 atom stereocenters. The van der Waals surface area contributed by atoms with Crippen molar-refractivity contribution in [2.75, 3.05) is 0 Å². The van der Waals surface area contributed by atoms with Crippen molar-refractivity contribution in [3.05, 3.63) is 27.8 Å². The van der Waals surface area contributed by atoms with E-state index in [1.54, 1.807) is 0 Å². The van der Waals surface area contributed by atoms with Crippen LogP contribution in [0, 0.1) is 0 Å². The summed E-state index contributed by atoms with van der Waals surface area (Å²) in [5.41, 5.74) is 6.27. The van der Waals surface area contributed by atoms with Crippen molar-refractivity contribution < 1.29 is 13.0 Å². The topological polar surface area (TPSA) is 54.4 Å². The third kappa shape index (κ3) is 28.7. The van der Waals surface area contributed by atoms with Crippen molar-refractivity contribution in [1.29, 1.82) is 0 Å². The zero-order valence-electron chi connectivity index (χ0n) is 41.5. The van der Waals surface area contributed by atoms with Gasteiger partial charge in [-0.05, 0) is 92.0 Å². The van der Waals surface area contributed by atoms with Crippen molar-refractivity contribution in [3.8, 4) is 0 Å². The van der Waals surface area contributed by atoms with E-state index in [2.05, 4.69) is 34.6 Å². The molecule has 0 spiro atoms. The van der Waals surface area contributed by atoms with Gasteiger partial charge in [-0.3, -0.25) is 4.55 Å². The zero-order chi connectivity index (χ0) is 43.8. The fourth-order valence-corrected chi connectivity index (χ4v) is 11.0. The van der Waals surface area contributed by atoms with E-state index in [0.29, 0.717) is 4.90 Å². The van der Waals surface area contributed by atoms with Gasteiger partial charge in [0.05, 0.1) is 0 Å². The number of benzene rings is 1. The second-order valence-corrected chi connectivity index (χ2v) is 20.7. The standard InChI is InChI=1S/C56H106O3S/c1-6-11-16-21-26-27-28-29-30-31-32-33-34-35-40-45-50-55-53(48-43-38-24-19-14-9-4)51(46-41-36-22-17-12-7-2)52(47-42-37-23-18-13-8-3)54(56(55)60(57,58)59)49-44-39-25-20-15-10-5/h6-50H2,1-5H3,(H,57,58,59). The lowest BCUT2D eigenvalue weighted by molar-refractivity contribution is 0.478. The lowest BCUT2D eigenvalue weighted by atomic mass is 9.81. The molecule has 0 aliphatic rings. The summed E-state index contributed by atoms with van der Waals surface area (Å²) in [5, 5.41) is 0. The highest BCUT2D eigenvalue weighted by Gasteiger charge is 2.29. The molecule has 1 aromatic carbocycles. The maximum Gasteiger partial charge on any atom is 0.295 e. The Balaban J connectivity index is 3.35. The van der Waals surface area contributed by atoms with Crippen LogP contribution in [0.4, 0.5) is 0 Å². The summed E-state index contributed by atoms with van der Waals surface area (Å²) < 4.78 is 39.0. The second kappa shape index (κ2) is 40.9. The minimum absolute atomic E-state index is 0.366. The molecule has 1 N–H and O–H groups in total. The van der Waals surface area contributed by atoms with Crippen LogP contribution in [0.5, 0.6) is 0 Å².